The molecule has 0 atom stereocenters. The summed E-state index contributed by atoms with van der Waals surface area (Å²) in [5.74, 6) is 2.08. The van der Waals surface area contributed by atoms with Gasteiger partial charge in [0, 0.05) is 23.2 Å². The highest BCUT2D eigenvalue weighted by molar-refractivity contribution is 6.30. The van der Waals surface area contributed by atoms with Gasteiger partial charge in [-0.3, -0.25) is 4.79 Å². The maximum atomic E-state index is 12.1. The average molecular weight is 380 g/mol. The zero-order valence-corrected chi connectivity index (χ0v) is 16.0. The Labute approximate surface area is 158 Å². The monoisotopic (exact) mass is 379 g/mol. The molecule has 2 aromatic rings. The Hall–Kier alpha value is -2.60. The van der Waals surface area contributed by atoms with Crippen molar-refractivity contribution in [3.05, 3.63) is 46.5 Å². The first kappa shape index (κ1) is 19.7. The fourth-order valence-corrected chi connectivity index (χ4v) is 2.62. The third kappa shape index (κ3) is 4.95. The van der Waals surface area contributed by atoms with Crippen LogP contribution in [0.5, 0.6) is 23.0 Å². The maximum absolute atomic E-state index is 12.1. The van der Waals surface area contributed by atoms with Gasteiger partial charge in [-0.2, -0.15) is 0 Å². The molecule has 0 aromatic heterocycles. The van der Waals surface area contributed by atoms with Crippen molar-refractivity contribution >= 4 is 17.5 Å². The van der Waals surface area contributed by atoms with Crippen molar-refractivity contribution in [1.82, 2.24) is 5.32 Å². The van der Waals surface area contributed by atoms with E-state index >= 15 is 0 Å². The lowest BCUT2D eigenvalue weighted by Gasteiger charge is -2.15. The molecule has 6 nitrogen and oxygen atoms in total. The quantitative estimate of drug-likeness (QED) is 0.761. The SMILES string of the molecule is COc1cc(OC)c(OC)cc1CNC(=O)COc1ccc(Cl)cc1C. The van der Waals surface area contributed by atoms with E-state index < -0.39 is 0 Å². The van der Waals surface area contributed by atoms with E-state index in [0.29, 0.717) is 28.0 Å². The lowest BCUT2D eigenvalue weighted by molar-refractivity contribution is -0.123. The fourth-order valence-electron chi connectivity index (χ4n) is 2.39. The van der Waals surface area contributed by atoms with Gasteiger partial charge in [-0.25, -0.2) is 0 Å². The minimum Gasteiger partial charge on any atom is -0.496 e. The van der Waals surface area contributed by atoms with Crippen LogP contribution in [0.2, 0.25) is 5.02 Å². The molecule has 0 radical (unpaired) electrons. The Morgan fingerprint density at radius 2 is 1.62 bits per heavy atom. The molecule has 0 unspecified atom stereocenters. The van der Waals surface area contributed by atoms with Crippen LogP contribution in [0.1, 0.15) is 11.1 Å². The van der Waals surface area contributed by atoms with Gasteiger partial charge in [0.2, 0.25) is 0 Å². The van der Waals surface area contributed by atoms with Crippen molar-refractivity contribution in [1.29, 1.82) is 0 Å². The molecule has 26 heavy (non-hydrogen) atoms. The summed E-state index contributed by atoms with van der Waals surface area (Å²) >= 11 is 5.91. The molecule has 0 bridgehead atoms. The van der Waals surface area contributed by atoms with E-state index in [0.717, 1.165) is 11.1 Å². The number of nitrogens with one attached hydrogen (secondary N) is 1. The first-order valence-corrected chi connectivity index (χ1v) is 8.30. The summed E-state index contributed by atoms with van der Waals surface area (Å²) < 4.78 is 21.4. The number of hydrogen-bond donors (Lipinski definition) is 1. The molecule has 0 saturated heterocycles. The minimum absolute atomic E-state index is 0.0991. The standard InChI is InChI=1S/C19H22ClNO5/c1-12-7-14(20)5-6-15(12)26-11-19(22)21-10-13-8-17(24-3)18(25-4)9-16(13)23-2/h5-9H,10-11H2,1-4H3,(H,21,22). The number of amides is 1. The Kier molecular flexibility index (Phi) is 6.97. The van der Waals surface area contributed by atoms with Crippen LogP contribution in [0, 0.1) is 6.92 Å². The van der Waals surface area contributed by atoms with E-state index in [1.165, 1.54) is 0 Å². The van der Waals surface area contributed by atoms with Crippen LogP contribution in [0.4, 0.5) is 0 Å². The number of aryl methyl sites for hydroxylation is 1. The first-order valence-electron chi connectivity index (χ1n) is 7.93. The van der Waals surface area contributed by atoms with Crippen LogP contribution < -0.4 is 24.3 Å². The van der Waals surface area contributed by atoms with Crippen molar-refractivity contribution in [2.24, 2.45) is 0 Å². The molecule has 0 aliphatic heterocycles. The summed E-state index contributed by atoms with van der Waals surface area (Å²) in [6, 6.07) is 8.72. The molecular formula is C19H22ClNO5. The van der Waals surface area contributed by atoms with Gasteiger partial charge >= 0.3 is 0 Å². The highest BCUT2D eigenvalue weighted by Crippen LogP contribution is 2.34. The number of halogens is 1. The maximum Gasteiger partial charge on any atom is 0.258 e. The summed E-state index contributed by atoms with van der Waals surface area (Å²) in [4.78, 5) is 12.1. The number of ether oxygens (including phenoxy) is 4. The van der Waals surface area contributed by atoms with E-state index in [9.17, 15) is 4.79 Å². The van der Waals surface area contributed by atoms with Gasteiger partial charge in [-0.05, 0) is 36.8 Å². The van der Waals surface area contributed by atoms with Crippen LogP contribution in [-0.2, 0) is 11.3 Å². The highest BCUT2D eigenvalue weighted by Gasteiger charge is 2.13. The number of benzene rings is 2. The van der Waals surface area contributed by atoms with Gasteiger partial charge in [0.15, 0.2) is 18.1 Å². The molecule has 0 heterocycles. The molecule has 0 fully saturated rings. The zero-order valence-electron chi connectivity index (χ0n) is 15.2. The Morgan fingerprint density at radius 1 is 0.962 bits per heavy atom. The first-order chi connectivity index (χ1) is 12.5. The summed E-state index contributed by atoms with van der Waals surface area (Å²) in [6.45, 7) is 2.04. The van der Waals surface area contributed by atoms with Crippen molar-refractivity contribution in [2.75, 3.05) is 27.9 Å². The van der Waals surface area contributed by atoms with E-state index in [2.05, 4.69) is 5.32 Å². The second kappa shape index (κ2) is 9.20. The average Bonchev–Trinajstić information content (AvgIpc) is 2.64. The summed E-state index contributed by atoms with van der Waals surface area (Å²) in [5, 5.41) is 3.42. The normalized spacial score (nSPS) is 10.2. The third-order valence-corrected chi connectivity index (χ3v) is 3.99. The molecule has 2 rings (SSSR count). The summed E-state index contributed by atoms with van der Waals surface area (Å²) in [6.07, 6.45) is 0. The van der Waals surface area contributed by atoms with E-state index in [-0.39, 0.29) is 19.1 Å². The lowest BCUT2D eigenvalue weighted by atomic mass is 10.1. The second-order valence-electron chi connectivity index (χ2n) is 5.49. The van der Waals surface area contributed by atoms with Gasteiger partial charge < -0.3 is 24.3 Å². The van der Waals surface area contributed by atoms with Gasteiger partial charge in [-0.1, -0.05) is 11.6 Å². The van der Waals surface area contributed by atoms with Crippen molar-refractivity contribution in [3.63, 3.8) is 0 Å². The zero-order chi connectivity index (χ0) is 19.1. The van der Waals surface area contributed by atoms with Gasteiger partial charge in [0.1, 0.15) is 11.5 Å². The summed E-state index contributed by atoms with van der Waals surface area (Å²) in [5.41, 5.74) is 1.63. The predicted octanol–water partition coefficient (Wildman–Crippen LogP) is 3.37. The largest absolute Gasteiger partial charge is 0.496 e. The molecule has 1 amide bonds. The van der Waals surface area contributed by atoms with Crippen molar-refractivity contribution in [2.45, 2.75) is 13.5 Å². The summed E-state index contributed by atoms with van der Waals surface area (Å²) in [7, 11) is 4.66. The Morgan fingerprint density at radius 3 is 2.23 bits per heavy atom. The van der Waals surface area contributed by atoms with Crippen LogP contribution in [0.3, 0.4) is 0 Å². The number of carbonyl (C=O) groups is 1. The van der Waals surface area contributed by atoms with E-state index in [1.807, 2.05) is 6.92 Å². The van der Waals surface area contributed by atoms with Crippen molar-refractivity contribution in [3.8, 4) is 23.0 Å². The molecule has 140 valence electrons. The highest BCUT2D eigenvalue weighted by atomic mass is 35.5. The molecule has 7 heteroatoms. The van der Waals surface area contributed by atoms with E-state index in [4.69, 9.17) is 30.5 Å². The molecule has 0 spiro atoms. The van der Waals surface area contributed by atoms with E-state index in [1.54, 1.807) is 51.7 Å². The second-order valence-corrected chi connectivity index (χ2v) is 5.93. The smallest absolute Gasteiger partial charge is 0.258 e. The minimum atomic E-state index is -0.254. The predicted molar refractivity (Wildman–Crippen MR) is 99.6 cm³/mol. The topological polar surface area (TPSA) is 66.0 Å². The molecular weight excluding hydrogens is 358 g/mol. The Balaban J connectivity index is 1.98. The molecule has 0 aliphatic carbocycles. The Bertz CT molecular complexity index is 779. The molecule has 1 N–H and O–H groups in total. The lowest BCUT2D eigenvalue weighted by Crippen LogP contribution is -2.28. The van der Waals surface area contributed by atoms with Crippen molar-refractivity contribution < 1.29 is 23.7 Å². The van der Waals surface area contributed by atoms with Crippen LogP contribution in [0.25, 0.3) is 0 Å². The van der Waals surface area contributed by atoms with Crippen LogP contribution in [0.15, 0.2) is 30.3 Å². The van der Waals surface area contributed by atoms with Crippen LogP contribution >= 0.6 is 11.6 Å². The van der Waals surface area contributed by atoms with Gasteiger partial charge in [-0.15, -0.1) is 0 Å². The molecule has 2 aromatic carbocycles. The number of rotatable bonds is 8. The number of hydrogen-bond acceptors (Lipinski definition) is 5. The molecule has 0 aliphatic rings. The van der Waals surface area contributed by atoms with Gasteiger partial charge in [0.05, 0.1) is 21.3 Å². The fraction of sp³-hybridized carbons (Fsp3) is 0.316. The number of carbonyl (C=O) groups excluding carboxylic acids is 1. The van der Waals surface area contributed by atoms with Gasteiger partial charge in [0.25, 0.3) is 5.91 Å². The molecule has 0 saturated carbocycles. The van der Waals surface area contributed by atoms with Crippen LogP contribution in [-0.4, -0.2) is 33.8 Å². The number of methoxy groups -OCH3 is 3. The third-order valence-electron chi connectivity index (χ3n) is 3.76.